The quantitative estimate of drug-likeness (QED) is 0.292. The van der Waals surface area contributed by atoms with Crippen LogP contribution in [0, 0.1) is 0 Å². The minimum atomic E-state index is -1.98. The van der Waals surface area contributed by atoms with Gasteiger partial charge in [-0.3, -0.25) is 0 Å². The Kier molecular flexibility index (Phi) is 5.91. The third-order valence-electron chi connectivity index (χ3n) is 5.72. The van der Waals surface area contributed by atoms with Crippen molar-refractivity contribution in [2.45, 2.75) is 5.54 Å². The third-order valence-corrected chi connectivity index (χ3v) is 5.72. The summed E-state index contributed by atoms with van der Waals surface area (Å²) in [7, 11) is -1.98. The van der Waals surface area contributed by atoms with Gasteiger partial charge < -0.3 is 14.7 Å². The van der Waals surface area contributed by atoms with Gasteiger partial charge in [-0.15, -0.1) is 5.10 Å². The minimum absolute atomic E-state index is 0.247. The first-order valence-electron chi connectivity index (χ1n) is 10.8. The van der Waals surface area contributed by atoms with Gasteiger partial charge in [0.2, 0.25) is 0 Å². The van der Waals surface area contributed by atoms with Gasteiger partial charge in [-0.05, 0) is 39.2 Å². The number of hydrogen-bond donors (Lipinski definition) is 2. The fourth-order valence-electron chi connectivity index (χ4n) is 4.35. The molecule has 34 heavy (non-hydrogen) atoms. The molecule has 1 aromatic heterocycles. The molecule has 0 unspecified atom stereocenters. The molecular weight excluding hydrogens is 427 g/mol. The van der Waals surface area contributed by atoms with Crippen LogP contribution in [-0.4, -0.2) is 37.6 Å². The van der Waals surface area contributed by atoms with Crippen LogP contribution in [0.5, 0.6) is 5.75 Å². The number of nitrogens with zero attached hydrogens (tertiary/aromatic N) is 4. The van der Waals surface area contributed by atoms with Crippen LogP contribution in [0.25, 0.3) is 11.4 Å². The Balaban J connectivity index is 1.87. The van der Waals surface area contributed by atoms with Gasteiger partial charge in [-0.25, -0.2) is 4.68 Å². The summed E-state index contributed by atoms with van der Waals surface area (Å²) in [4.78, 5) is 0. The molecule has 0 aliphatic heterocycles. The molecular formula is C26H21BN4O3. The highest BCUT2D eigenvalue weighted by Gasteiger charge is 2.42. The largest absolute Gasteiger partial charge is 0.707 e. The lowest BCUT2D eigenvalue weighted by atomic mass is 9.77. The first-order valence-corrected chi connectivity index (χ1v) is 10.8. The highest BCUT2D eigenvalue weighted by atomic mass is 16.6. The van der Waals surface area contributed by atoms with Gasteiger partial charge >= 0.3 is 7.32 Å². The van der Waals surface area contributed by atoms with E-state index < -0.39 is 12.9 Å². The molecule has 8 heteroatoms. The summed E-state index contributed by atoms with van der Waals surface area (Å²) in [5, 5.41) is 31.8. The Morgan fingerprint density at radius 3 is 1.62 bits per heavy atom. The highest BCUT2D eigenvalue weighted by molar-refractivity contribution is 6.34. The zero-order valence-electron chi connectivity index (χ0n) is 18.1. The van der Waals surface area contributed by atoms with Gasteiger partial charge in [0.05, 0.1) is 5.56 Å². The smallest absolute Gasteiger partial charge is 0.511 e. The molecule has 0 saturated heterocycles. The lowest BCUT2D eigenvalue weighted by Gasteiger charge is -2.36. The molecule has 0 amide bonds. The van der Waals surface area contributed by atoms with E-state index >= 15 is 0 Å². The summed E-state index contributed by atoms with van der Waals surface area (Å²) in [5.74, 6) is 0.657. The molecule has 0 aliphatic rings. The molecule has 0 spiro atoms. The van der Waals surface area contributed by atoms with Crippen molar-refractivity contribution in [1.82, 2.24) is 20.2 Å². The Morgan fingerprint density at radius 1 is 0.647 bits per heavy atom. The molecule has 0 aliphatic carbocycles. The summed E-state index contributed by atoms with van der Waals surface area (Å²) in [6.07, 6.45) is 0. The van der Waals surface area contributed by atoms with Crippen molar-refractivity contribution in [2.24, 2.45) is 0 Å². The normalized spacial score (nSPS) is 11.2. The zero-order valence-corrected chi connectivity index (χ0v) is 18.1. The SMILES string of the molecule is OB(O)Oc1ccccc1-c1nnnn1C(c1ccccc1)(c1ccccc1)c1ccccc1. The molecule has 166 valence electrons. The van der Waals surface area contributed by atoms with Gasteiger partial charge in [0, 0.05) is 0 Å². The van der Waals surface area contributed by atoms with E-state index in [0.29, 0.717) is 11.4 Å². The monoisotopic (exact) mass is 448 g/mol. The Bertz CT molecular complexity index is 1270. The maximum atomic E-state index is 9.47. The number of rotatable bonds is 7. The zero-order chi connectivity index (χ0) is 23.4. The van der Waals surface area contributed by atoms with Crippen LogP contribution < -0.4 is 4.65 Å². The molecule has 0 radical (unpaired) electrons. The Labute approximate surface area is 197 Å². The van der Waals surface area contributed by atoms with Crippen LogP contribution in [0.2, 0.25) is 0 Å². The number of para-hydroxylation sites is 1. The number of hydrogen-bond acceptors (Lipinski definition) is 6. The van der Waals surface area contributed by atoms with Crippen LogP contribution >= 0.6 is 0 Å². The van der Waals surface area contributed by atoms with Crippen molar-refractivity contribution < 1.29 is 14.7 Å². The Hall–Kier alpha value is -4.27. The first-order chi connectivity index (χ1) is 16.7. The van der Waals surface area contributed by atoms with E-state index in [9.17, 15) is 10.0 Å². The third kappa shape index (κ3) is 3.75. The van der Waals surface area contributed by atoms with Crippen molar-refractivity contribution in [2.75, 3.05) is 0 Å². The van der Waals surface area contributed by atoms with Crippen LogP contribution in [0.1, 0.15) is 16.7 Å². The van der Waals surface area contributed by atoms with E-state index in [0.717, 1.165) is 16.7 Å². The fourth-order valence-corrected chi connectivity index (χ4v) is 4.35. The van der Waals surface area contributed by atoms with Gasteiger partial charge in [0.15, 0.2) is 5.82 Å². The molecule has 4 aromatic carbocycles. The standard InChI is InChI=1S/C26H21BN4O3/c32-27(33)34-24-19-11-10-18-23(24)25-28-29-30-31(25)26(20-12-4-1-5-13-20,21-14-6-2-7-15-21)22-16-8-3-9-17-22/h1-19,32-33H. The van der Waals surface area contributed by atoms with Gasteiger partial charge in [0.25, 0.3) is 0 Å². The van der Waals surface area contributed by atoms with Gasteiger partial charge in [0.1, 0.15) is 11.3 Å². The van der Waals surface area contributed by atoms with E-state index in [1.54, 1.807) is 22.9 Å². The number of benzene rings is 4. The van der Waals surface area contributed by atoms with Crippen molar-refractivity contribution in [3.8, 4) is 17.1 Å². The van der Waals surface area contributed by atoms with Gasteiger partial charge in [-0.1, -0.05) is 103 Å². The highest BCUT2D eigenvalue weighted by Crippen LogP contribution is 2.43. The van der Waals surface area contributed by atoms with E-state index in [-0.39, 0.29) is 5.75 Å². The van der Waals surface area contributed by atoms with Crippen molar-refractivity contribution in [1.29, 1.82) is 0 Å². The fraction of sp³-hybridized carbons (Fsp3) is 0.0385. The number of tetrazole rings is 1. The van der Waals surface area contributed by atoms with E-state index in [4.69, 9.17) is 4.65 Å². The number of aromatic nitrogens is 4. The Morgan fingerprint density at radius 2 is 1.12 bits per heavy atom. The molecule has 5 aromatic rings. The molecule has 0 atom stereocenters. The molecule has 5 rings (SSSR count). The van der Waals surface area contributed by atoms with E-state index in [1.165, 1.54) is 0 Å². The topological polar surface area (TPSA) is 93.3 Å². The average Bonchev–Trinajstić information content (AvgIpc) is 3.36. The molecule has 1 heterocycles. The lowest BCUT2D eigenvalue weighted by molar-refractivity contribution is 0.288. The second kappa shape index (κ2) is 9.31. The molecule has 7 nitrogen and oxygen atoms in total. The summed E-state index contributed by atoms with van der Waals surface area (Å²) in [6, 6.07) is 37.1. The minimum Gasteiger partial charge on any atom is -0.511 e. The summed E-state index contributed by atoms with van der Waals surface area (Å²) < 4.78 is 7.02. The maximum absolute atomic E-state index is 9.47. The second-order valence-electron chi connectivity index (χ2n) is 7.66. The van der Waals surface area contributed by atoms with Crippen molar-refractivity contribution in [3.63, 3.8) is 0 Å². The van der Waals surface area contributed by atoms with Gasteiger partial charge in [-0.2, -0.15) is 0 Å². The predicted molar refractivity (Wildman–Crippen MR) is 129 cm³/mol. The first kappa shape index (κ1) is 21.6. The van der Waals surface area contributed by atoms with E-state index in [2.05, 4.69) is 15.5 Å². The predicted octanol–water partition coefficient (Wildman–Crippen LogP) is 3.53. The van der Waals surface area contributed by atoms with Crippen molar-refractivity contribution in [3.05, 3.63) is 132 Å². The second-order valence-corrected chi connectivity index (χ2v) is 7.66. The summed E-state index contributed by atoms with van der Waals surface area (Å²) >= 11 is 0. The summed E-state index contributed by atoms with van der Waals surface area (Å²) in [6.45, 7) is 0. The van der Waals surface area contributed by atoms with Crippen LogP contribution in [0.15, 0.2) is 115 Å². The average molecular weight is 448 g/mol. The molecule has 0 saturated carbocycles. The molecule has 2 N–H and O–H groups in total. The summed E-state index contributed by atoms with van der Waals surface area (Å²) in [5.41, 5.74) is 2.48. The maximum Gasteiger partial charge on any atom is 0.707 e. The molecule has 0 fully saturated rings. The van der Waals surface area contributed by atoms with Crippen LogP contribution in [0.3, 0.4) is 0 Å². The lowest BCUT2D eigenvalue weighted by Crippen LogP contribution is -2.39. The van der Waals surface area contributed by atoms with Crippen molar-refractivity contribution >= 4 is 7.32 Å². The van der Waals surface area contributed by atoms with Crippen LogP contribution in [-0.2, 0) is 5.54 Å². The molecule has 0 bridgehead atoms. The van der Waals surface area contributed by atoms with E-state index in [1.807, 2.05) is 97.1 Å². The van der Waals surface area contributed by atoms with Crippen LogP contribution in [0.4, 0.5) is 0 Å².